The van der Waals surface area contributed by atoms with Crippen molar-refractivity contribution in [1.82, 2.24) is 14.8 Å². The summed E-state index contributed by atoms with van der Waals surface area (Å²) in [5.41, 5.74) is 1.33. The molecule has 1 atom stereocenters. The molecule has 2 saturated heterocycles. The molecule has 1 spiro atoms. The molecule has 5 heteroatoms. The van der Waals surface area contributed by atoms with Crippen LogP contribution in [0, 0.1) is 29.1 Å². The SMILES string of the molecule is CN1CCC(COCc2cccnc2)CC12CN(C(=O)C13CC4CC(CC(C4)C1)C3)C2. The van der Waals surface area contributed by atoms with Crippen LogP contribution >= 0.6 is 0 Å². The molecule has 1 amide bonds. The van der Waals surface area contributed by atoms with E-state index in [9.17, 15) is 4.79 Å². The number of pyridine rings is 1. The highest BCUT2D eigenvalue weighted by Gasteiger charge is 2.59. The predicted octanol–water partition coefficient (Wildman–Crippen LogP) is 3.74. The van der Waals surface area contributed by atoms with Gasteiger partial charge in [0.05, 0.1) is 17.6 Å². The molecule has 1 aromatic rings. The van der Waals surface area contributed by atoms with E-state index >= 15 is 0 Å². The molecule has 3 heterocycles. The first-order chi connectivity index (χ1) is 15.0. The van der Waals surface area contributed by atoms with Crippen LogP contribution in [0.2, 0.25) is 0 Å². The summed E-state index contributed by atoms with van der Waals surface area (Å²) in [7, 11) is 2.26. The van der Waals surface area contributed by atoms with E-state index in [0.29, 0.717) is 18.4 Å². The fourth-order valence-corrected chi connectivity index (χ4v) is 8.26. The normalized spacial score (nSPS) is 38.4. The first-order valence-corrected chi connectivity index (χ1v) is 12.5. The molecule has 168 valence electrons. The molecule has 2 aliphatic heterocycles. The molecule has 0 radical (unpaired) electrons. The zero-order valence-corrected chi connectivity index (χ0v) is 19.0. The van der Waals surface area contributed by atoms with E-state index in [1.807, 2.05) is 12.3 Å². The van der Waals surface area contributed by atoms with E-state index in [-0.39, 0.29) is 11.0 Å². The zero-order valence-electron chi connectivity index (χ0n) is 19.0. The molecule has 4 aliphatic carbocycles. The number of aromatic nitrogens is 1. The third-order valence-electron chi connectivity index (χ3n) is 9.45. The van der Waals surface area contributed by atoms with Crippen molar-refractivity contribution in [2.45, 2.75) is 63.5 Å². The van der Waals surface area contributed by atoms with Gasteiger partial charge in [-0.05, 0) is 100 Å². The predicted molar refractivity (Wildman–Crippen MR) is 119 cm³/mol. The fourth-order valence-electron chi connectivity index (χ4n) is 8.26. The Hall–Kier alpha value is -1.46. The number of ether oxygens (including phenoxy) is 1. The van der Waals surface area contributed by atoms with Crippen LogP contribution in [-0.4, -0.2) is 59.5 Å². The number of carbonyl (C=O) groups excluding carboxylic acids is 1. The first kappa shape index (κ1) is 20.2. The second-order valence-corrected chi connectivity index (χ2v) is 11.7. The maximum absolute atomic E-state index is 13.7. The monoisotopic (exact) mass is 423 g/mol. The van der Waals surface area contributed by atoms with Crippen molar-refractivity contribution in [1.29, 1.82) is 0 Å². The molecule has 0 aromatic carbocycles. The molecule has 1 aromatic heterocycles. The second-order valence-electron chi connectivity index (χ2n) is 11.7. The van der Waals surface area contributed by atoms with Crippen LogP contribution < -0.4 is 0 Å². The summed E-state index contributed by atoms with van der Waals surface area (Å²) in [4.78, 5) is 22.6. The Labute approximate surface area is 186 Å². The second kappa shape index (κ2) is 7.55. The average molecular weight is 424 g/mol. The summed E-state index contributed by atoms with van der Waals surface area (Å²) >= 11 is 0. The van der Waals surface area contributed by atoms with Crippen molar-refractivity contribution in [3.05, 3.63) is 30.1 Å². The van der Waals surface area contributed by atoms with Crippen molar-refractivity contribution in [2.75, 3.05) is 33.3 Å². The summed E-state index contributed by atoms with van der Waals surface area (Å²) in [6, 6.07) is 4.04. The van der Waals surface area contributed by atoms with Gasteiger partial charge in [0.2, 0.25) is 5.91 Å². The number of rotatable bonds is 5. The molecule has 5 nitrogen and oxygen atoms in total. The maximum Gasteiger partial charge on any atom is 0.228 e. The molecule has 31 heavy (non-hydrogen) atoms. The Bertz CT molecular complexity index is 784. The molecule has 4 saturated carbocycles. The molecule has 6 aliphatic rings. The summed E-state index contributed by atoms with van der Waals surface area (Å²) in [5.74, 6) is 3.61. The van der Waals surface area contributed by atoms with Crippen molar-refractivity contribution in [2.24, 2.45) is 29.1 Å². The van der Waals surface area contributed by atoms with Crippen LogP contribution in [0.15, 0.2) is 24.5 Å². The number of piperidine rings is 1. The van der Waals surface area contributed by atoms with Crippen LogP contribution in [0.1, 0.15) is 56.9 Å². The van der Waals surface area contributed by atoms with Crippen molar-refractivity contribution in [3.63, 3.8) is 0 Å². The van der Waals surface area contributed by atoms with Gasteiger partial charge in [0.25, 0.3) is 0 Å². The lowest BCUT2D eigenvalue weighted by Gasteiger charge is -2.62. The highest BCUT2D eigenvalue weighted by molar-refractivity contribution is 5.84. The Balaban J connectivity index is 1.06. The topological polar surface area (TPSA) is 45.7 Å². The minimum Gasteiger partial charge on any atom is -0.376 e. The third-order valence-corrected chi connectivity index (χ3v) is 9.45. The van der Waals surface area contributed by atoms with Gasteiger partial charge in [-0.2, -0.15) is 0 Å². The van der Waals surface area contributed by atoms with Crippen LogP contribution in [0.5, 0.6) is 0 Å². The highest BCUT2D eigenvalue weighted by atomic mass is 16.5. The van der Waals surface area contributed by atoms with E-state index in [4.69, 9.17) is 4.74 Å². The number of hydrogen-bond acceptors (Lipinski definition) is 4. The average Bonchev–Trinajstić information content (AvgIpc) is 2.73. The molecule has 1 unspecified atom stereocenters. The first-order valence-electron chi connectivity index (χ1n) is 12.5. The Morgan fingerprint density at radius 2 is 1.84 bits per heavy atom. The standard InChI is InChI=1S/C26H37N3O2/c1-28-6-4-19(15-31-16-20-3-2-5-27-14-20)13-26(28)17-29(18-26)24(30)25-10-21-7-22(11-25)9-23(8-21)12-25/h2-3,5,14,19,21-23H,4,6-13,15-18H2,1H3. The summed E-state index contributed by atoms with van der Waals surface area (Å²) in [5, 5.41) is 0. The van der Waals surface area contributed by atoms with E-state index in [1.54, 1.807) is 6.20 Å². The molecule has 7 rings (SSSR count). The maximum atomic E-state index is 13.7. The lowest BCUT2D eigenvalue weighted by Crippen LogP contribution is -2.74. The fraction of sp³-hybridized carbons (Fsp3) is 0.769. The minimum atomic E-state index is 0.00975. The Kier molecular flexibility index (Phi) is 4.91. The number of carbonyl (C=O) groups is 1. The molecular weight excluding hydrogens is 386 g/mol. The number of likely N-dealkylation sites (N-methyl/N-ethyl adjacent to an activating group) is 1. The molecule has 0 N–H and O–H groups in total. The van der Waals surface area contributed by atoms with Gasteiger partial charge in [-0.25, -0.2) is 0 Å². The number of hydrogen-bond donors (Lipinski definition) is 0. The van der Waals surface area contributed by atoms with E-state index in [1.165, 1.54) is 44.9 Å². The van der Waals surface area contributed by atoms with Gasteiger partial charge in [0, 0.05) is 32.1 Å². The minimum absolute atomic E-state index is 0.00975. The van der Waals surface area contributed by atoms with Crippen LogP contribution in [0.3, 0.4) is 0 Å². The Morgan fingerprint density at radius 1 is 1.13 bits per heavy atom. The van der Waals surface area contributed by atoms with Crippen molar-refractivity contribution >= 4 is 5.91 Å². The van der Waals surface area contributed by atoms with Crippen molar-refractivity contribution < 1.29 is 9.53 Å². The Morgan fingerprint density at radius 3 is 2.48 bits per heavy atom. The number of nitrogens with zero attached hydrogens (tertiary/aromatic N) is 3. The van der Waals surface area contributed by atoms with Crippen LogP contribution in [0.4, 0.5) is 0 Å². The summed E-state index contributed by atoms with van der Waals surface area (Å²) < 4.78 is 6.06. The largest absolute Gasteiger partial charge is 0.376 e. The lowest BCUT2D eigenvalue weighted by molar-refractivity contribution is -0.175. The van der Waals surface area contributed by atoms with E-state index in [0.717, 1.165) is 56.0 Å². The van der Waals surface area contributed by atoms with Gasteiger partial charge in [0.1, 0.15) is 0 Å². The smallest absolute Gasteiger partial charge is 0.228 e. The number of amides is 1. The number of likely N-dealkylation sites (tertiary alicyclic amines) is 2. The van der Waals surface area contributed by atoms with Crippen LogP contribution in [-0.2, 0) is 16.1 Å². The summed E-state index contributed by atoms with van der Waals surface area (Å²) in [6.07, 6.45) is 13.8. The zero-order chi connectivity index (χ0) is 21.1. The third kappa shape index (κ3) is 3.52. The van der Waals surface area contributed by atoms with Crippen molar-refractivity contribution in [3.8, 4) is 0 Å². The van der Waals surface area contributed by atoms with Gasteiger partial charge < -0.3 is 9.64 Å². The lowest BCUT2D eigenvalue weighted by atomic mass is 9.49. The van der Waals surface area contributed by atoms with Gasteiger partial charge in [-0.1, -0.05) is 6.07 Å². The van der Waals surface area contributed by atoms with Gasteiger partial charge in [-0.15, -0.1) is 0 Å². The summed E-state index contributed by atoms with van der Waals surface area (Å²) in [6.45, 7) is 4.43. The van der Waals surface area contributed by atoms with E-state index in [2.05, 4.69) is 27.9 Å². The van der Waals surface area contributed by atoms with Gasteiger partial charge >= 0.3 is 0 Å². The molecular formula is C26H37N3O2. The van der Waals surface area contributed by atoms with Crippen LogP contribution in [0.25, 0.3) is 0 Å². The quantitative estimate of drug-likeness (QED) is 0.724. The van der Waals surface area contributed by atoms with E-state index < -0.39 is 0 Å². The van der Waals surface area contributed by atoms with Gasteiger partial charge in [0.15, 0.2) is 0 Å². The molecule has 4 bridgehead atoms. The molecule has 6 fully saturated rings. The highest BCUT2D eigenvalue weighted by Crippen LogP contribution is 2.61. The van der Waals surface area contributed by atoms with Gasteiger partial charge in [-0.3, -0.25) is 14.7 Å².